The molecule has 12 rings (SSSR count). The number of benzene rings is 2. The number of fused-ring (bicyclic) bond motifs is 10. The van der Waals surface area contributed by atoms with Crippen LogP contribution in [0.4, 0.5) is 0 Å². The van der Waals surface area contributed by atoms with E-state index in [1.165, 1.54) is 16.7 Å². The Labute approximate surface area is 373 Å². The van der Waals surface area contributed by atoms with Crippen molar-refractivity contribution in [2.45, 2.75) is 127 Å². The molecule has 2 saturated carbocycles. The van der Waals surface area contributed by atoms with Crippen molar-refractivity contribution in [1.82, 2.24) is 40.2 Å². The van der Waals surface area contributed by atoms with Gasteiger partial charge in [0.15, 0.2) is 0 Å². The molecule has 0 radical (unpaired) electrons. The predicted molar refractivity (Wildman–Crippen MR) is 247 cm³/mol. The summed E-state index contributed by atoms with van der Waals surface area (Å²) in [4.78, 5) is 35.1. The molecule has 4 aromatic heterocycles. The number of carbonyl (C=O) groups is 2. The maximum Gasteiger partial charge on any atom is 0.270 e. The lowest BCUT2D eigenvalue weighted by Gasteiger charge is -2.24. The lowest BCUT2D eigenvalue weighted by atomic mass is 9.88. The van der Waals surface area contributed by atoms with E-state index in [4.69, 9.17) is 31.6 Å². The van der Waals surface area contributed by atoms with Gasteiger partial charge in [-0.2, -0.15) is 10.2 Å². The second-order valence-corrected chi connectivity index (χ2v) is 20.3. The highest BCUT2D eigenvalue weighted by Crippen LogP contribution is 2.45. The molecule has 2 aliphatic heterocycles. The van der Waals surface area contributed by atoms with Crippen molar-refractivity contribution >= 4 is 11.8 Å². The maximum absolute atomic E-state index is 12.8. The molecule has 0 bridgehead atoms. The SMILES string of the molecule is CC(C)(N)C#Cc1ccc(-c2cc3c(cn2)CCc2c-3nn3c2C(=O)NC2(CC2)C3)cc1.CC(C)(N)CCc1ccc(-c2cc3c(cn2)CCc2c-3nn3c2C(=O)NC2(CC2)C3)cc1. The second kappa shape index (κ2) is 14.6. The molecule has 6 aliphatic rings. The predicted octanol–water partition coefficient (Wildman–Crippen LogP) is 6.73. The van der Waals surface area contributed by atoms with Crippen molar-refractivity contribution in [2.75, 3.05) is 0 Å². The Kier molecular flexibility index (Phi) is 9.18. The standard InChI is InChI=1S/C26H29N5O.C26H25N5O/c2*1-25(2,27)10-9-16-3-5-17(6-4-16)21-13-20-18(14-28-21)7-8-19-22(20)30-31-15-26(11-12-26)29-24(32)23(19)31/h3-6,13-14H,7-12,15,27H2,1-2H3,(H,29,32);3-6,13-14H,7-8,11-12,15,27H2,1-2H3,(H,29,32). The molecule has 6 N–H and O–H groups in total. The normalized spacial score (nSPS) is 17.8. The van der Waals surface area contributed by atoms with Gasteiger partial charge in [0, 0.05) is 56.9 Å². The number of nitrogens with two attached hydrogens (primary N) is 2. The molecule has 6 aromatic rings. The summed E-state index contributed by atoms with van der Waals surface area (Å²) in [5.41, 5.74) is 27.6. The molecule has 6 heterocycles. The molecule has 12 nitrogen and oxygen atoms in total. The van der Waals surface area contributed by atoms with E-state index in [2.05, 4.69) is 72.7 Å². The third-order valence-corrected chi connectivity index (χ3v) is 13.7. The van der Waals surface area contributed by atoms with Crippen LogP contribution in [0, 0.1) is 11.8 Å². The lowest BCUT2D eigenvalue weighted by molar-refractivity contribution is 0.0876. The minimum Gasteiger partial charge on any atom is -0.343 e. The largest absolute Gasteiger partial charge is 0.343 e. The first-order chi connectivity index (χ1) is 30.6. The topological polar surface area (TPSA) is 172 Å². The van der Waals surface area contributed by atoms with Gasteiger partial charge in [-0.15, -0.1) is 0 Å². The molecule has 2 spiro atoms. The summed E-state index contributed by atoms with van der Waals surface area (Å²) < 4.78 is 3.90. The van der Waals surface area contributed by atoms with Gasteiger partial charge in [0.25, 0.3) is 11.8 Å². The Morgan fingerprint density at radius 1 is 0.672 bits per heavy atom. The first kappa shape index (κ1) is 40.4. The van der Waals surface area contributed by atoms with Crippen molar-refractivity contribution in [1.29, 1.82) is 0 Å². The Hall–Kier alpha value is -6.42. The van der Waals surface area contributed by atoms with E-state index < -0.39 is 5.54 Å². The molecular weight excluding hydrogens is 797 g/mol. The zero-order chi connectivity index (χ0) is 44.2. The first-order valence-corrected chi connectivity index (χ1v) is 22.7. The van der Waals surface area contributed by atoms with Crippen LogP contribution >= 0.6 is 0 Å². The van der Waals surface area contributed by atoms with Crippen LogP contribution in [-0.4, -0.2) is 63.5 Å². The number of hydrogen-bond acceptors (Lipinski definition) is 8. The zero-order valence-electron chi connectivity index (χ0n) is 37.1. The summed E-state index contributed by atoms with van der Waals surface area (Å²) in [6, 6.07) is 20.9. The van der Waals surface area contributed by atoms with Crippen molar-refractivity contribution in [3.8, 4) is 56.9 Å². The minimum absolute atomic E-state index is 0.0255. The number of carbonyl (C=O) groups excluding carboxylic acids is 2. The average molecular weight is 851 g/mol. The van der Waals surface area contributed by atoms with Crippen LogP contribution in [0.15, 0.2) is 73.1 Å². The number of nitrogens with zero attached hydrogens (tertiary/aromatic N) is 6. The summed E-state index contributed by atoms with van der Waals surface area (Å²) in [5.74, 6) is 6.24. The molecule has 324 valence electrons. The average Bonchev–Trinajstić information content (AvgIpc) is 4.11. The maximum atomic E-state index is 12.8. The van der Waals surface area contributed by atoms with Crippen LogP contribution in [-0.2, 0) is 45.2 Å². The van der Waals surface area contributed by atoms with Gasteiger partial charge in [0.05, 0.1) is 52.5 Å². The van der Waals surface area contributed by atoms with Crippen LogP contribution in [0.2, 0.25) is 0 Å². The number of aryl methyl sites for hydroxylation is 3. The van der Waals surface area contributed by atoms with Crippen molar-refractivity contribution in [2.24, 2.45) is 11.5 Å². The summed E-state index contributed by atoms with van der Waals surface area (Å²) in [6.07, 6.45) is 13.5. The fourth-order valence-corrected chi connectivity index (χ4v) is 9.67. The second-order valence-electron chi connectivity index (χ2n) is 20.3. The highest BCUT2D eigenvalue weighted by Gasteiger charge is 2.50. The molecule has 64 heavy (non-hydrogen) atoms. The number of pyridine rings is 2. The lowest BCUT2D eigenvalue weighted by Crippen LogP contribution is -2.46. The van der Waals surface area contributed by atoms with E-state index in [1.807, 2.05) is 59.9 Å². The Morgan fingerprint density at radius 3 is 1.58 bits per heavy atom. The van der Waals surface area contributed by atoms with E-state index in [9.17, 15) is 9.59 Å². The first-order valence-electron chi connectivity index (χ1n) is 22.7. The van der Waals surface area contributed by atoms with Crippen LogP contribution in [0.25, 0.3) is 45.0 Å². The number of nitrogens with one attached hydrogen (secondary N) is 2. The summed E-state index contributed by atoms with van der Waals surface area (Å²) in [5, 5.41) is 16.3. The number of aromatic nitrogens is 6. The van der Waals surface area contributed by atoms with E-state index in [1.54, 1.807) is 0 Å². The van der Waals surface area contributed by atoms with Crippen molar-refractivity contribution in [3.05, 3.63) is 118 Å². The van der Waals surface area contributed by atoms with E-state index >= 15 is 0 Å². The van der Waals surface area contributed by atoms with Gasteiger partial charge in [-0.05, 0) is 133 Å². The summed E-state index contributed by atoms with van der Waals surface area (Å²) >= 11 is 0. The molecule has 2 aromatic carbocycles. The van der Waals surface area contributed by atoms with E-state index in [0.717, 1.165) is 150 Å². The highest BCUT2D eigenvalue weighted by atomic mass is 16.2. The van der Waals surface area contributed by atoms with Crippen molar-refractivity contribution in [3.63, 3.8) is 0 Å². The molecule has 0 atom stereocenters. The monoisotopic (exact) mass is 850 g/mol. The summed E-state index contributed by atoms with van der Waals surface area (Å²) in [7, 11) is 0. The summed E-state index contributed by atoms with van der Waals surface area (Å²) in [6.45, 7) is 9.47. The number of amides is 2. The van der Waals surface area contributed by atoms with Gasteiger partial charge >= 0.3 is 0 Å². The van der Waals surface area contributed by atoms with Crippen molar-refractivity contribution < 1.29 is 9.59 Å². The minimum atomic E-state index is -0.518. The molecule has 2 amide bonds. The van der Waals surface area contributed by atoms with Crippen LogP contribution in [0.5, 0.6) is 0 Å². The number of rotatable bonds is 5. The third kappa shape index (κ3) is 7.60. The molecule has 4 aliphatic carbocycles. The van der Waals surface area contributed by atoms with Gasteiger partial charge in [0.1, 0.15) is 11.4 Å². The molecule has 12 heteroatoms. The van der Waals surface area contributed by atoms with Gasteiger partial charge in [0.2, 0.25) is 0 Å². The van der Waals surface area contributed by atoms with Crippen LogP contribution in [0.1, 0.15) is 114 Å². The fourth-order valence-electron chi connectivity index (χ4n) is 9.67. The zero-order valence-corrected chi connectivity index (χ0v) is 37.1. The van der Waals surface area contributed by atoms with Crippen LogP contribution in [0.3, 0.4) is 0 Å². The Morgan fingerprint density at radius 2 is 1.14 bits per heavy atom. The fraction of sp³-hybridized carbons (Fsp3) is 0.385. The van der Waals surface area contributed by atoms with E-state index in [-0.39, 0.29) is 28.4 Å². The molecule has 2 fully saturated rings. The highest BCUT2D eigenvalue weighted by molar-refractivity contribution is 5.99. The van der Waals surface area contributed by atoms with Gasteiger partial charge in [-0.1, -0.05) is 48.2 Å². The van der Waals surface area contributed by atoms with E-state index in [0.29, 0.717) is 0 Å². The van der Waals surface area contributed by atoms with Gasteiger partial charge < -0.3 is 22.1 Å². The Balaban J connectivity index is 0.000000143. The third-order valence-electron chi connectivity index (χ3n) is 13.7. The number of hydrogen-bond donors (Lipinski definition) is 4. The van der Waals surface area contributed by atoms with Crippen LogP contribution < -0.4 is 22.1 Å². The molecule has 0 unspecified atom stereocenters. The molecular formula is C52H54N10O2. The Bertz CT molecular complexity index is 2960. The van der Waals surface area contributed by atoms with Gasteiger partial charge in [-0.3, -0.25) is 28.9 Å². The quantitative estimate of drug-likeness (QED) is 0.138. The van der Waals surface area contributed by atoms with Gasteiger partial charge in [-0.25, -0.2) is 0 Å². The molecule has 0 saturated heterocycles. The smallest absolute Gasteiger partial charge is 0.270 e.